The number of rotatable bonds is 3. The quantitative estimate of drug-likeness (QED) is 0.412. The molecule has 0 fully saturated rings. The van der Waals surface area contributed by atoms with Crippen molar-refractivity contribution in [2.24, 2.45) is 0 Å². The van der Waals surface area contributed by atoms with E-state index in [1.54, 1.807) is 48.7 Å². The molecule has 3 heterocycles. The highest BCUT2D eigenvalue weighted by atomic mass is 35.5. The first-order valence-corrected chi connectivity index (χ1v) is 10.5. The van der Waals surface area contributed by atoms with E-state index in [0.29, 0.717) is 22.0 Å². The summed E-state index contributed by atoms with van der Waals surface area (Å²) in [6, 6.07) is 14.0. The number of ether oxygens (including phenoxy) is 1. The molecule has 2 aromatic carbocycles. The minimum atomic E-state index is -0.798. The SMILES string of the molecule is COC(=O)c1ccc(C2c3c(oc4ccc(Cl)cc4c3=O)C(=O)N2c2cc(C)ccn2)cc1. The van der Waals surface area contributed by atoms with Crippen molar-refractivity contribution in [3.05, 3.63) is 104 Å². The van der Waals surface area contributed by atoms with Crippen molar-refractivity contribution >= 4 is 40.3 Å². The zero-order valence-electron chi connectivity index (χ0n) is 17.7. The number of carbonyl (C=O) groups is 2. The Kier molecular flexibility index (Phi) is 4.98. The van der Waals surface area contributed by atoms with Crippen molar-refractivity contribution in [3.8, 4) is 0 Å². The molecule has 164 valence electrons. The van der Waals surface area contributed by atoms with E-state index in [1.165, 1.54) is 18.1 Å². The molecule has 1 amide bonds. The average Bonchev–Trinajstić information content (AvgIpc) is 3.11. The minimum Gasteiger partial charge on any atom is -0.465 e. The number of aromatic nitrogens is 1. The van der Waals surface area contributed by atoms with Gasteiger partial charge in [0.05, 0.1) is 29.7 Å². The molecule has 1 aliphatic rings. The molecule has 2 aromatic heterocycles. The molecule has 0 saturated carbocycles. The fraction of sp³-hybridized carbons (Fsp3) is 0.120. The highest BCUT2D eigenvalue weighted by Crippen LogP contribution is 2.40. The molecule has 0 N–H and O–H groups in total. The summed E-state index contributed by atoms with van der Waals surface area (Å²) in [6.45, 7) is 1.89. The van der Waals surface area contributed by atoms with E-state index in [4.69, 9.17) is 20.8 Å². The van der Waals surface area contributed by atoms with Gasteiger partial charge in [-0.05, 0) is 60.5 Å². The Balaban J connectivity index is 1.77. The molecule has 33 heavy (non-hydrogen) atoms. The van der Waals surface area contributed by atoms with Gasteiger partial charge in [0.1, 0.15) is 11.4 Å². The number of carbonyl (C=O) groups excluding carboxylic acids is 2. The molecule has 1 aliphatic heterocycles. The van der Waals surface area contributed by atoms with Gasteiger partial charge >= 0.3 is 5.97 Å². The fourth-order valence-corrected chi connectivity index (χ4v) is 4.24. The number of esters is 1. The molecule has 5 rings (SSSR count). The summed E-state index contributed by atoms with van der Waals surface area (Å²) in [7, 11) is 1.30. The van der Waals surface area contributed by atoms with Gasteiger partial charge in [0, 0.05) is 11.2 Å². The molecular weight excluding hydrogens is 444 g/mol. The van der Waals surface area contributed by atoms with E-state index in [-0.39, 0.29) is 27.7 Å². The van der Waals surface area contributed by atoms with E-state index in [2.05, 4.69) is 4.98 Å². The van der Waals surface area contributed by atoms with Crippen molar-refractivity contribution in [1.82, 2.24) is 4.98 Å². The Morgan fingerprint density at radius 1 is 1.09 bits per heavy atom. The summed E-state index contributed by atoms with van der Waals surface area (Å²) in [5, 5.41) is 0.666. The molecule has 4 aromatic rings. The third kappa shape index (κ3) is 3.37. The first kappa shape index (κ1) is 20.9. The van der Waals surface area contributed by atoms with Crippen LogP contribution in [0.25, 0.3) is 11.0 Å². The number of anilines is 1. The van der Waals surface area contributed by atoms with Gasteiger partial charge in [-0.3, -0.25) is 14.5 Å². The van der Waals surface area contributed by atoms with E-state index >= 15 is 0 Å². The molecule has 0 bridgehead atoms. The maximum Gasteiger partial charge on any atom is 0.337 e. The van der Waals surface area contributed by atoms with E-state index in [0.717, 1.165) is 5.56 Å². The van der Waals surface area contributed by atoms with Crippen LogP contribution in [0.1, 0.15) is 43.6 Å². The summed E-state index contributed by atoms with van der Waals surface area (Å²) in [6.07, 6.45) is 1.60. The third-order valence-electron chi connectivity index (χ3n) is 5.63. The second kappa shape index (κ2) is 7.86. The van der Waals surface area contributed by atoms with Crippen LogP contribution in [0.5, 0.6) is 0 Å². The molecule has 0 aliphatic carbocycles. The minimum absolute atomic E-state index is 0.0415. The van der Waals surface area contributed by atoms with Gasteiger partial charge in [0.25, 0.3) is 5.91 Å². The maximum atomic E-state index is 13.6. The standard InChI is InChI=1S/C25H17ClN2O5/c1-13-9-10-27-19(11-13)28-21(14-3-5-15(6-4-14)25(31)32-2)20-22(29)17-12-16(26)7-8-18(17)33-23(20)24(28)30/h3-12,21H,1-2H3. The topological polar surface area (TPSA) is 89.7 Å². The highest BCUT2D eigenvalue weighted by molar-refractivity contribution is 6.31. The zero-order chi connectivity index (χ0) is 23.3. The monoisotopic (exact) mass is 460 g/mol. The largest absolute Gasteiger partial charge is 0.465 e. The second-order valence-electron chi connectivity index (χ2n) is 7.70. The van der Waals surface area contributed by atoms with Crippen molar-refractivity contribution in [3.63, 3.8) is 0 Å². The Labute approximate surface area is 193 Å². The number of halogens is 1. The lowest BCUT2D eigenvalue weighted by molar-refractivity contribution is 0.0600. The molecule has 0 saturated heterocycles. The predicted molar refractivity (Wildman–Crippen MR) is 123 cm³/mol. The summed E-state index contributed by atoms with van der Waals surface area (Å²) in [5.74, 6) is -0.615. The van der Waals surface area contributed by atoms with Crippen LogP contribution in [0.3, 0.4) is 0 Å². The van der Waals surface area contributed by atoms with Crippen molar-refractivity contribution in [2.75, 3.05) is 12.0 Å². The zero-order valence-corrected chi connectivity index (χ0v) is 18.4. The van der Waals surface area contributed by atoms with E-state index in [9.17, 15) is 14.4 Å². The van der Waals surface area contributed by atoms with Crippen molar-refractivity contribution < 1.29 is 18.7 Å². The van der Waals surface area contributed by atoms with Crippen LogP contribution in [0.4, 0.5) is 5.82 Å². The van der Waals surface area contributed by atoms with Crippen LogP contribution < -0.4 is 10.3 Å². The Morgan fingerprint density at radius 2 is 1.85 bits per heavy atom. The van der Waals surface area contributed by atoms with Crippen LogP contribution in [0.15, 0.2) is 70.0 Å². The van der Waals surface area contributed by atoms with Crippen LogP contribution in [-0.4, -0.2) is 24.0 Å². The van der Waals surface area contributed by atoms with Crippen LogP contribution >= 0.6 is 11.6 Å². The predicted octanol–water partition coefficient (Wildman–Crippen LogP) is 4.69. The second-order valence-corrected chi connectivity index (χ2v) is 8.13. The van der Waals surface area contributed by atoms with Crippen LogP contribution in [0, 0.1) is 6.92 Å². The molecule has 1 unspecified atom stereocenters. The summed E-state index contributed by atoms with van der Waals surface area (Å²) < 4.78 is 10.7. The third-order valence-corrected chi connectivity index (χ3v) is 5.86. The highest BCUT2D eigenvalue weighted by Gasteiger charge is 2.44. The first-order valence-electron chi connectivity index (χ1n) is 10.1. The number of hydrogen-bond acceptors (Lipinski definition) is 6. The summed E-state index contributed by atoms with van der Waals surface area (Å²) in [5.41, 5.74) is 1.99. The molecule has 0 spiro atoms. The van der Waals surface area contributed by atoms with E-state index < -0.39 is 17.9 Å². The maximum absolute atomic E-state index is 13.6. The smallest absolute Gasteiger partial charge is 0.337 e. The number of aryl methyl sites for hydroxylation is 1. The molecule has 1 atom stereocenters. The molecule has 7 nitrogen and oxygen atoms in total. The summed E-state index contributed by atoms with van der Waals surface area (Å²) >= 11 is 6.11. The van der Waals surface area contributed by atoms with Gasteiger partial charge in [0.2, 0.25) is 5.76 Å². The number of methoxy groups -OCH3 is 1. The lowest BCUT2D eigenvalue weighted by atomic mass is 9.97. The number of nitrogens with zero attached hydrogens (tertiary/aromatic N) is 2. The van der Waals surface area contributed by atoms with Gasteiger partial charge in [-0.15, -0.1) is 0 Å². The number of hydrogen-bond donors (Lipinski definition) is 0. The lowest BCUT2D eigenvalue weighted by Crippen LogP contribution is -2.30. The van der Waals surface area contributed by atoms with Gasteiger partial charge < -0.3 is 9.15 Å². The van der Waals surface area contributed by atoms with Crippen LogP contribution in [0.2, 0.25) is 5.02 Å². The van der Waals surface area contributed by atoms with Gasteiger partial charge in [-0.25, -0.2) is 9.78 Å². The Morgan fingerprint density at radius 3 is 2.55 bits per heavy atom. The number of benzene rings is 2. The Hall–Kier alpha value is -3.97. The number of fused-ring (bicyclic) bond motifs is 2. The van der Waals surface area contributed by atoms with Gasteiger partial charge in [-0.1, -0.05) is 23.7 Å². The first-order chi connectivity index (χ1) is 15.9. The number of pyridine rings is 1. The average molecular weight is 461 g/mol. The van der Waals surface area contributed by atoms with E-state index in [1.807, 2.05) is 13.0 Å². The van der Waals surface area contributed by atoms with Gasteiger partial charge in [0.15, 0.2) is 5.43 Å². The lowest BCUT2D eigenvalue weighted by Gasteiger charge is -2.24. The summed E-state index contributed by atoms with van der Waals surface area (Å²) in [4.78, 5) is 44.8. The molecular formula is C25H17ClN2O5. The van der Waals surface area contributed by atoms with Crippen molar-refractivity contribution in [1.29, 1.82) is 0 Å². The molecule has 0 radical (unpaired) electrons. The fourth-order valence-electron chi connectivity index (χ4n) is 4.07. The van der Waals surface area contributed by atoms with Gasteiger partial charge in [-0.2, -0.15) is 0 Å². The van der Waals surface area contributed by atoms with Crippen molar-refractivity contribution in [2.45, 2.75) is 13.0 Å². The Bertz CT molecular complexity index is 1490. The molecule has 8 heteroatoms. The normalized spacial score (nSPS) is 15.1. The number of amides is 1. The van der Waals surface area contributed by atoms with Crippen LogP contribution in [-0.2, 0) is 4.74 Å².